The number of sulfonamides is 1. The maximum absolute atomic E-state index is 11.7. The predicted molar refractivity (Wildman–Crippen MR) is 79.4 cm³/mol. The van der Waals surface area contributed by atoms with E-state index >= 15 is 0 Å². The van der Waals surface area contributed by atoms with Crippen LogP contribution in [0.3, 0.4) is 0 Å². The Bertz CT molecular complexity index is 596. The molecule has 1 aromatic carbocycles. The summed E-state index contributed by atoms with van der Waals surface area (Å²) in [7, 11) is -1.69. The molecule has 3 N–H and O–H groups in total. The van der Waals surface area contributed by atoms with Crippen molar-refractivity contribution in [2.75, 3.05) is 26.4 Å². The van der Waals surface area contributed by atoms with Gasteiger partial charge in [-0.05, 0) is 24.1 Å². The average molecular weight is 313 g/mol. The summed E-state index contributed by atoms with van der Waals surface area (Å²) in [6, 6.07) is 6.77. The number of carbonyl (C=O) groups is 2. The first-order valence-corrected chi connectivity index (χ1v) is 8.23. The van der Waals surface area contributed by atoms with Crippen molar-refractivity contribution >= 4 is 21.8 Å². The molecular formula is C13H19N3O4S. The van der Waals surface area contributed by atoms with Crippen LogP contribution in [-0.4, -0.2) is 46.6 Å². The maximum atomic E-state index is 11.7. The molecule has 0 heterocycles. The molecule has 0 spiro atoms. The third kappa shape index (κ3) is 6.87. The highest BCUT2D eigenvalue weighted by molar-refractivity contribution is 7.88. The average Bonchev–Trinajstić information content (AvgIpc) is 2.43. The van der Waals surface area contributed by atoms with Gasteiger partial charge in [-0.25, -0.2) is 13.1 Å². The smallest absolute Gasteiger partial charge is 0.251 e. The molecule has 0 bridgehead atoms. The zero-order valence-electron chi connectivity index (χ0n) is 12.0. The van der Waals surface area contributed by atoms with Crippen LogP contribution in [0.4, 0.5) is 0 Å². The van der Waals surface area contributed by atoms with Gasteiger partial charge >= 0.3 is 0 Å². The molecule has 1 rings (SSSR count). The minimum Gasteiger partial charge on any atom is -0.358 e. The fraction of sp³-hybridized carbons (Fsp3) is 0.385. The molecule has 1 aromatic rings. The van der Waals surface area contributed by atoms with E-state index in [1.807, 2.05) is 0 Å². The number of nitrogens with one attached hydrogen (secondary N) is 3. The largest absolute Gasteiger partial charge is 0.358 e. The van der Waals surface area contributed by atoms with Crippen LogP contribution in [-0.2, 0) is 21.2 Å². The van der Waals surface area contributed by atoms with E-state index in [0.29, 0.717) is 18.5 Å². The highest BCUT2D eigenvalue weighted by Gasteiger charge is 2.07. The topological polar surface area (TPSA) is 104 Å². The van der Waals surface area contributed by atoms with Crippen molar-refractivity contribution in [2.45, 2.75) is 6.42 Å². The highest BCUT2D eigenvalue weighted by atomic mass is 32.2. The van der Waals surface area contributed by atoms with E-state index in [4.69, 9.17) is 0 Å². The van der Waals surface area contributed by atoms with Crippen LogP contribution in [0.1, 0.15) is 15.9 Å². The molecule has 116 valence electrons. The van der Waals surface area contributed by atoms with Crippen molar-refractivity contribution in [3.8, 4) is 0 Å². The number of benzene rings is 1. The molecule has 0 aliphatic heterocycles. The van der Waals surface area contributed by atoms with Gasteiger partial charge in [-0.2, -0.15) is 0 Å². The maximum Gasteiger partial charge on any atom is 0.251 e. The van der Waals surface area contributed by atoms with Crippen molar-refractivity contribution in [1.82, 2.24) is 15.4 Å². The molecule has 0 atom stereocenters. The molecule has 8 heteroatoms. The van der Waals surface area contributed by atoms with E-state index < -0.39 is 10.0 Å². The lowest BCUT2D eigenvalue weighted by molar-refractivity contribution is -0.119. The lowest BCUT2D eigenvalue weighted by Gasteiger charge is -2.06. The second-order valence-electron chi connectivity index (χ2n) is 4.47. The second kappa shape index (κ2) is 7.75. The normalized spacial score (nSPS) is 11.0. The lowest BCUT2D eigenvalue weighted by Crippen LogP contribution is -2.35. The molecule has 7 nitrogen and oxygen atoms in total. The number of hydrogen-bond donors (Lipinski definition) is 3. The van der Waals surface area contributed by atoms with Gasteiger partial charge in [0.1, 0.15) is 0 Å². The van der Waals surface area contributed by atoms with Gasteiger partial charge in [-0.1, -0.05) is 12.1 Å². The van der Waals surface area contributed by atoms with Crippen molar-refractivity contribution in [3.05, 3.63) is 35.4 Å². The van der Waals surface area contributed by atoms with Crippen molar-refractivity contribution in [1.29, 1.82) is 0 Å². The van der Waals surface area contributed by atoms with Gasteiger partial charge in [-0.15, -0.1) is 0 Å². The van der Waals surface area contributed by atoms with E-state index in [9.17, 15) is 18.0 Å². The molecule has 0 unspecified atom stereocenters. The van der Waals surface area contributed by atoms with Gasteiger partial charge in [0.05, 0.1) is 12.8 Å². The fourth-order valence-electron chi connectivity index (χ4n) is 1.55. The molecule has 0 radical (unpaired) electrons. The zero-order valence-corrected chi connectivity index (χ0v) is 12.8. The summed E-state index contributed by atoms with van der Waals surface area (Å²) in [6.07, 6.45) is 1.64. The van der Waals surface area contributed by atoms with E-state index in [2.05, 4.69) is 15.4 Å². The van der Waals surface area contributed by atoms with Gasteiger partial charge in [0.15, 0.2) is 0 Å². The Morgan fingerprint density at radius 1 is 1.14 bits per heavy atom. The lowest BCUT2D eigenvalue weighted by atomic mass is 10.1. The molecule has 2 amide bonds. The Hall–Kier alpha value is -1.93. The Balaban J connectivity index is 2.49. The fourth-order valence-corrected chi connectivity index (χ4v) is 2.03. The number of carbonyl (C=O) groups excluding carboxylic acids is 2. The summed E-state index contributed by atoms with van der Waals surface area (Å²) < 4.78 is 24.2. The SMILES string of the molecule is CNC(=O)CNC(=O)c1ccc(CCNS(C)(=O)=O)cc1. The van der Waals surface area contributed by atoms with Gasteiger partial charge in [0.25, 0.3) is 5.91 Å². The standard InChI is InChI=1S/C13H19N3O4S/c1-14-12(17)9-15-13(18)11-5-3-10(4-6-11)7-8-16-21(2,19)20/h3-6,16H,7-9H2,1-2H3,(H,14,17)(H,15,18). The summed E-state index contributed by atoms with van der Waals surface area (Å²) in [6.45, 7) is 0.233. The van der Waals surface area contributed by atoms with Crippen LogP contribution in [0.15, 0.2) is 24.3 Å². The first-order chi connectivity index (χ1) is 9.81. The molecule has 0 aromatic heterocycles. The first-order valence-electron chi connectivity index (χ1n) is 6.34. The van der Waals surface area contributed by atoms with E-state index in [0.717, 1.165) is 11.8 Å². The molecular weight excluding hydrogens is 294 g/mol. The van der Waals surface area contributed by atoms with Crippen LogP contribution in [0.2, 0.25) is 0 Å². The van der Waals surface area contributed by atoms with Crippen LogP contribution in [0.5, 0.6) is 0 Å². The third-order valence-electron chi connectivity index (χ3n) is 2.68. The van der Waals surface area contributed by atoms with Gasteiger partial charge in [0, 0.05) is 19.2 Å². The highest BCUT2D eigenvalue weighted by Crippen LogP contribution is 2.05. The summed E-state index contributed by atoms with van der Waals surface area (Å²) >= 11 is 0. The molecule has 0 aliphatic carbocycles. The predicted octanol–water partition coefficient (Wildman–Crippen LogP) is -0.746. The minimum atomic E-state index is -3.19. The molecule has 0 saturated carbocycles. The van der Waals surface area contributed by atoms with Crippen molar-refractivity contribution < 1.29 is 18.0 Å². The first kappa shape index (κ1) is 17.1. The Morgan fingerprint density at radius 2 is 1.76 bits per heavy atom. The summed E-state index contributed by atoms with van der Waals surface area (Å²) in [5, 5.41) is 4.90. The van der Waals surface area contributed by atoms with Crippen molar-refractivity contribution in [2.24, 2.45) is 0 Å². The third-order valence-corrected chi connectivity index (χ3v) is 3.41. The van der Waals surface area contributed by atoms with Crippen LogP contribution >= 0.6 is 0 Å². The molecule has 0 saturated heterocycles. The number of amides is 2. The van der Waals surface area contributed by atoms with Crippen LogP contribution in [0, 0.1) is 0 Å². The van der Waals surface area contributed by atoms with Crippen LogP contribution in [0.25, 0.3) is 0 Å². The van der Waals surface area contributed by atoms with E-state index in [-0.39, 0.29) is 18.4 Å². The molecule has 21 heavy (non-hydrogen) atoms. The minimum absolute atomic E-state index is 0.0740. The zero-order chi connectivity index (χ0) is 15.9. The Morgan fingerprint density at radius 3 is 2.29 bits per heavy atom. The summed E-state index contributed by atoms with van der Waals surface area (Å²) in [5.41, 5.74) is 1.35. The summed E-state index contributed by atoms with van der Waals surface area (Å²) in [5.74, 6) is -0.605. The number of likely N-dealkylation sites (N-methyl/N-ethyl adjacent to an activating group) is 1. The molecule has 0 aliphatic rings. The van der Waals surface area contributed by atoms with E-state index in [1.165, 1.54) is 7.05 Å². The van der Waals surface area contributed by atoms with Gasteiger partial charge in [-0.3, -0.25) is 9.59 Å². The number of rotatable bonds is 7. The Kier molecular flexibility index (Phi) is 6.32. The second-order valence-corrected chi connectivity index (χ2v) is 6.30. The molecule has 0 fully saturated rings. The number of hydrogen-bond acceptors (Lipinski definition) is 4. The van der Waals surface area contributed by atoms with Crippen molar-refractivity contribution in [3.63, 3.8) is 0 Å². The monoisotopic (exact) mass is 313 g/mol. The van der Waals surface area contributed by atoms with E-state index in [1.54, 1.807) is 24.3 Å². The Labute approximate surface area is 124 Å². The van der Waals surface area contributed by atoms with Gasteiger partial charge in [0.2, 0.25) is 15.9 Å². The summed E-state index contributed by atoms with van der Waals surface area (Å²) in [4.78, 5) is 22.8. The van der Waals surface area contributed by atoms with Crippen LogP contribution < -0.4 is 15.4 Å². The van der Waals surface area contributed by atoms with Gasteiger partial charge < -0.3 is 10.6 Å². The quantitative estimate of drug-likeness (QED) is 0.616.